The van der Waals surface area contributed by atoms with E-state index in [4.69, 9.17) is 22.7 Å². The molecule has 1 amide bonds. The number of amides is 1. The molecule has 0 unspecified atom stereocenters. The maximum absolute atomic E-state index is 12.5. The van der Waals surface area contributed by atoms with Gasteiger partial charge in [-0.2, -0.15) is 0 Å². The van der Waals surface area contributed by atoms with Crippen LogP contribution in [0, 0.1) is 5.41 Å². The van der Waals surface area contributed by atoms with Crippen LogP contribution in [-0.2, 0) is 9.53 Å². The van der Waals surface area contributed by atoms with E-state index in [-0.39, 0.29) is 10.9 Å². The predicted molar refractivity (Wildman–Crippen MR) is 76.5 cm³/mol. The molecule has 2 aliphatic rings. The Morgan fingerprint density at radius 3 is 2.37 bits per heavy atom. The number of carbonyl (C=O) groups excluding carboxylic acids is 1. The summed E-state index contributed by atoms with van der Waals surface area (Å²) in [6.07, 6.45) is 1.14. The number of rotatable bonds is 3. The molecule has 0 atom stereocenters. The summed E-state index contributed by atoms with van der Waals surface area (Å²) in [5.74, 6) is -0.0761. The number of hydrogen-bond acceptors (Lipinski definition) is 5. The van der Waals surface area contributed by atoms with Crippen LogP contribution in [0.5, 0.6) is 0 Å². The van der Waals surface area contributed by atoms with Crippen molar-refractivity contribution in [3.05, 3.63) is 0 Å². The molecule has 0 aromatic carbocycles. The summed E-state index contributed by atoms with van der Waals surface area (Å²) >= 11 is 5.12. The summed E-state index contributed by atoms with van der Waals surface area (Å²) in [5.41, 5.74) is 8.06. The Kier molecular flexibility index (Phi) is 4.72. The number of likely N-dealkylation sites (N-methyl/N-ethyl adjacent to an activating group) is 1. The van der Waals surface area contributed by atoms with Crippen LogP contribution in [0.3, 0.4) is 0 Å². The summed E-state index contributed by atoms with van der Waals surface area (Å²) < 4.78 is 5.31. The lowest BCUT2D eigenvalue weighted by molar-refractivity contribution is -0.137. The van der Waals surface area contributed by atoms with Crippen molar-refractivity contribution in [3.8, 4) is 0 Å². The summed E-state index contributed by atoms with van der Waals surface area (Å²) in [5, 5.41) is 1.96. The molecule has 3 N–H and O–H groups in total. The van der Waals surface area contributed by atoms with E-state index in [1.165, 1.54) is 0 Å². The zero-order chi connectivity index (χ0) is 13.9. The van der Waals surface area contributed by atoms with E-state index in [9.17, 15) is 4.79 Å². The fraction of sp³-hybridized carbons (Fsp3) is 0.833. The van der Waals surface area contributed by atoms with Crippen LogP contribution < -0.4 is 11.2 Å². The highest BCUT2D eigenvalue weighted by Crippen LogP contribution is 2.31. The van der Waals surface area contributed by atoms with E-state index in [0.29, 0.717) is 26.1 Å². The van der Waals surface area contributed by atoms with Gasteiger partial charge in [0.2, 0.25) is 5.91 Å². The number of carbonyl (C=O) groups is 1. The maximum atomic E-state index is 12.5. The Bertz CT molecular complexity index is 350. The Hall–Kier alpha value is -0.760. The smallest absolute Gasteiger partial charge is 0.247 e. The van der Waals surface area contributed by atoms with Gasteiger partial charge >= 0.3 is 0 Å². The first-order chi connectivity index (χ1) is 9.04. The zero-order valence-corrected chi connectivity index (χ0v) is 12.2. The third-order valence-corrected chi connectivity index (χ3v) is 4.41. The standard InChI is InChI=1S/C12H22N4O2S/c1-15-4-6-16(7-5-15)14-11(17)12(10(13)19)2-8-18-9-3-12/h2-9H2,1H3,(H2,13,19)(H,14,17). The number of nitrogens with zero attached hydrogens (tertiary/aromatic N) is 2. The van der Waals surface area contributed by atoms with Gasteiger partial charge in [-0.3, -0.25) is 10.2 Å². The molecule has 0 aliphatic carbocycles. The summed E-state index contributed by atoms with van der Waals surface area (Å²) in [7, 11) is 2.08. The minimum atomic E-state index is -0.739. The van der Waals surface area contributed by atoms with Crippen molar-refractivity contribution < 1.29 is 9.53 Å². The first-order valence-corrected chi connectivity index (χ1v) is 7.08. The zero-order valence-electron chi connectivity index (χ0n) is 11.4. The SMILES string of the molecule is CN1CCN(NC(=O)C2(C(N)=S)CCOCC2)CC1. The molecule has 108 valence electrons. The third-order valence-electron chi connectivity index (χ3n) is 4.02. The predicted octanol–water partition coefficient (Wildman–Crippen LogP) is -0.652. The van der Waals surface area contributed by atoms with Gasteiger partial charge in [-0.05, 0) is 19.9 Å². The molecular weight excluding hydrogens is 264 g/mol. The lowest BCUT2D eigenvalue weighted by Gasteiger charge is -2.38. The minimum absolute atomic E-state index is 0.0761. The largest absolute Gasteiger partial charge is 0.392 e. The number of nitrogens with one attached hydrogen (secondary N) is 1. The number of ether oxygens (including phenoxy) is 1. The summed E-state index contributed by atoms with van der Waals surface area (Å²) in [6, 6.07) is 0. The first-order valence-electron chi connectivity index (χ1n) is 6.67. The van der Waals surface area contributed by atoms with Crippen molar-refractivity contribution in [2.75, 3.05) is 46.4 Å². The number of hydrazine groups is 1. The molecule has 2 heterocycles. The van der Waals surface area contributed by atoms with Crippen LogP contribution in [0.25, 0.3) is 0 Å². The quantitative estimate of drug-likeness (QED) is 0.672. The normalized spacial score (nSPS) is 24.9. The van der Waals surface area contributed by atoms with Crippen molar-refractivity contribution in [3.63, 3.8) is 0 Å². The maximum Gasteiger partial charge on any atom is 0.247 e. The van der Waals surface area contributed by atoms with Gasteiger partial charge in [0.05, 0.1) is 4.99 Å². The molecule has 0 aromatic heterocycles. The Balaban J connectivity index is 1.98. The van der Waals surface area contributed by atoms with Crippen molar-refractivity contribution in [1.82, 2.24) is 15.3 Å². The Labute approximate surface area is 119 Å². The highest BCUT2D eigenvalue weighted by molar-refractivity contribution is 7.80. The summed E-state index contributed by atoms with van der Waals surface area (Å²) in [4.78, 5) is 15.0. The lowest BCUT2D eigenvalue weighted by Crippen LogP contribution is -2.59. The molecule has 6 nitrogen and oxygen atoms in total. The van der Waals surface area contributed by atoms with Crippen LogP contribution >= 0.6 is 12.2 Å². The van der Waals surface area contributed by atoms with E-state index in [2.05, 4.69) is 17.4 Å². The highest BCUT2D eigenvalue weighted by atomic mass is 32.1. The van der Waals surface area contributed by atoms with E-state index >= 15 is 0 Å². The van der Waals surface area contributed by atoms with E-state index in [0.717, 1.165) is 26.2 Å². The molecule has 0 radical (unpaired) electrons. The molecular formula is C12H22N4O2S. The number of piperazine rings is 1. The molecule has 19 heavy (non-hydrogen) atoms. The van der Waals surface area contributed by atoms with Gasteiger partial charge in [-0.15, -0.1) is 0 Å². The van der Waals surface area contributed by atoms with Crippen molar-refractivity contribution >= 4 is 23.1 Å². The molecule has 0 spiro atoms. The number of hydrogen-bond donors (Lipinski definition) is 2. The second-order valence-corrected chi connectivity index (χ2v) is 5.73. The fourth-order valence-electron chi connectivity index (χ4n) is 2.47. The van der Waals surface area contributed by atoms with E-state index < -0.39 is 5.41 Å². The molecule has 2 rings (SSSR count). The minimum Gasteiger partial charge on any atom is -0.392 e. The molecule has 2 aliphatic heterocycles. The second-order valence-electron chi connectivity index (χ2n) is 5.29. The van der Waals surface area contributed by atoms with Crippen LogP contribution in [0.4, 0.5) is 0 Å². The molecule has 0 aromatic rings. The van der Waals surface area contributed by atoms with Gasteiger partial charge < -0.3 is 15.4 Å². The van der Waals surface area contributed by atoms with Crippen LogP contribution in [0.15, 0.2) is 0 Å². The van der Waals surface area contributed by atoms with Crippen LogP contribution in [0.2, 0.25) is 0 Å². The van der Waals surface area contributed by atoms with Crippen molar-refractivity contribution in [1.29, 1.82) is 0 Å². The van der Waals surface area contributed by atoms with Gasteiger partial charge in [0, 0.05) is 39.4 Å². The van der Waals surface area contributed by atoms with Crippen LogP contribution in [0.1, 0.15) is 12.8 Å². The van der Waals surface area contributed by atoms with E-state index in [1.54, 1.807) is 0 Å². The molecule has 0 saturated carbocycles. The Morgan fingerprint density at radius 1 is 1.26 bits per heavy atom. The monoisotopic (exact) mass is 286 g/mol. The number of nitrogens with two attached hydrogens (primary N) is 1. The topological polar surface area (TPSA) is 70.8 Å². The van der Waals surface area contributed by atoms with Crippen LogP contribution in [-0.4, -0.2) is 67.2 Å². The van der Waals surface area contributed by atoms with Crippen molar-refractivity contribution in [2.45, 2.75) is 12.8 Å². The van der Waals surface area contributed by atoms with Gasteiger partial charge in [0.15, 0.2) is 0 Å². The highest BCUT2D eigenvalue weighted by Gasteiger charge is 2.43. The van der Waals surface area contributed by atoms with Crippen molar-refractivity contribution in [2.24, 2.45) is 11.1 Å². The lowest BCUT2D eigenvalue weighted by atomic mass is 9.79. The second kappa shape index (κ2) is 6.13. The first kappa shape index (κ1) is 14.6. The molecule has 2 fully saturated rings. The summed E-state index contributed by atoms with van der Waals surface area (Å²) in [6.45, 7) is 4.62. The third kappa shape index (κ3) is 3.22. The van der Waals surface area contributed by atoms with Gasteiger partial charge in [-0.25, -0.2) is 5.01 Å². The number of thiocarbonyl (C=S) groups is 1. The fourth-order valence-corrected chi connectivity index (χ4v) is 2.77. The Morgan fingerprint density at radius 2 is 1.84 bits per heavy atom. The van der Waals surface area contributed by atoms with Gasteiger partial charge in [-0.1, -0.05) is 12.2 Å². The van der Waals surface area contributed by atoms with Gasteiger partial charge in [0.25, 0.3) is 0 Å². The molecule has 7 heteroatoms. The molecule has 2 saturated heterocycles. The average Bonchev–Trinajstić information content (AvgIpc) is 2.42. The molecule has 0 bridgehead atoms. The van der Waals surface area contributed by atoms with Gasteiger partial charge in [0.1, 0.15) is 5.41 Å². The average molecular weight is 286 g/mol. The van der Waals surface area contributed by atoms with E-state index in [1.807, 2.05) is 5.01 Å².